The molecule has 1 aromatic carbocycles. The maximum absolute atomic E-state index is 8.69. The number of hydrogen-bond donors (Lipinski definition) is 1. The molecule has 0 bridgehead atoms. The molecule has 0 unspecified atom stereocenters. The molecule has 6 heteroatoms. The van der Waals surface area contributed by atoms with E-state index in [2.05, 4.69) is 11.1 Å². The topological polar surface area (TPSA) is 71.9 Å². The van der Waals surface area contributed by atoms with E-state index in [0.717, 1.165) is 21.4 Å². The molecule has 1 aromatic heterocycles. The highest BCUT2D eigenvalue weighted by atomic mass is 32.2. The summed E-state index contributed by atoms with van der Waals surface area (Å²) in [5, 5.41) is 9.29. The van der Waals surface area contributed by atoms with Crippen molar-refractivity contribution in [2.45, 2.75) is 11.1 Å². The summed E-state index contributed by atoms with van der Waals surface area (Å²) in [5.74, 6) is 1.61. The highest BCUT2D eigenvalue weighted by Crippen LogP contribution is 2.30. The second-order valence-corrected chi connectivity index (χ2v) is 6.15. The van der Waals surface area contributed by atoms with Crippen LogP contribution in [0.25, 0.3) is 0 Å². The molecule has 98 valence electrons. The summed E-state index contributed by atoms with van der Waals surface area (Å²) in [7, 11) is 0. The molecule has 0 aliphatic rings. The fourth-order valence-corrected chi connectivity index (χ4v) is 3.37. The van der Waals surface area contributed by atoms with E-state index in [0.29, 0.717) is 17.3 Å². The van der Waals surface area contributed by atoms with Crippen LogP contribution in [-0.2, 0) is 0 Å². The van der Waals surface area contributed by atoms with E-state index < -0.39 is 0 Å². The average Bonchev–Trinajstić information content (AvgIpc) is 2.74. The molecule has 1 heterocycles. The van der Waals surface area contributed by atoms with Crippen LogP contribution in [0.3, 0.4) is 0 Å². The van der Waals surface area contributed by atoms with Gasteiger partial charge in [0.1, 0.15) is 5.75 Å². The van der Waals surface area contributed by atoms with Crippen molar-refractivity contribution in [3.05, 3.63) is 35.5 Å². The lowest BCUT2D eigenvalue weighted by Gasteiger charge is -2.05. The van der Waals surface area contributed by atoms with Crippen molar-refractivity contribution in [3.8, 4) is 11.8 Å². The number of ether oxygens (including phenoxy) is 1. The quantitative estimate of drug-likeness (QED) is 0.677. The van der Waals surface area contributed by atoms with Crippen LogP contribution in [0, 0.1) is 18.3 Å². The Morgan fingerprint density at radius 2 is 2.16 bits per heavy atom. The second-order valence-electron chi connectivity index (χ2n) is 3.76. The maximum Gasteiger partial charge on any atom is 0.181 e. The largest absolute Gasteiger partial charge is 0.493 e. The lowest BCUT2D eigenvalue weighted by molar-refractivity contribution is 0.344. The number of aryl methyl sites for hydroxylation is 1. The number of nitrogens with two attached hydrogens (primary N) is 1. The molecule has 0 fully saturated rings. The number of aromatic nitrogens is 1. The van der Waals surface area contributed by atoms with Crippen LogP contribution in [0.1, 0.15) is 11.3 Å². The summed E-state index contributed by atoms with van der Waals surface area (Å²) in [6.07, 6.45) is 0. The highest BCUT2D eigenvalue weighted by molar-refractivity contribution is 8.01. The minimum absolute atomic E-state index is 0.605. The minimum Gasteiger partial charge on any atom is -0.493 e. The molecular formula is C13H13N3OS2. The average molecular weight is 291 g/mol. The lowest BCUT2D eigenvalue weighted by Crippen LogP contribution is -1.99. The van der Waals surface area contributed by atoms with E-state index in [9.17, 15) is 0 Å². The molecule has 0 aliphatic heterocycles. The molecule has 4 nitrogen and oxygen atoms in total. The van der Waals surface area contributed by atoms with Gasteiger partial charge in [-0.15, -0.1) is 11.8 Å². The molecule has 0 radical (unpaired) electrons. The van der Waals surface area contributed by atoms with Crippen molar-refractivity contribution in [3.63, 3.8) is 0 Å². The normalized spacial score (nSPS) is 10.1. The van der Waals surface area contributed by atoms with Gasteiger partial charge in [-0.1, -0.05) is 11.3 Å². The van der Waals surface area contributed by atoms with Gasteiger partial charge in [-0.25, -0.2) is 4.98 Å². The van der Waals surface area contributed by atoms with Crippen molar-refractivity contribution in [2.75, 3.05) is 18.1 Å². The Labute approximate surface area is 120 Å². The van der Waals surface area contributed by atoms with Crippen LogP contribution in [0.15, 0.2) is 28.5 Å². The first-order valence-electron chi connectivity index (χ1n) is 5.67. The third-order valence-electron chi connectivity index (χ3n) is 2.34. The zero-order valence-electron chi connectivity index (χ0n) is 10.4. The van der Waals surface area contributed by atoms with E-state index in [-0.39, 0.29) is 0 Å². The molecule has 0 saturated heterocycles. The van der Waals surface area contributed by atoms with E-state index in [4.69, 9.17) is 15.7 Å². The van der Waals surface area contributed by atoms with Crippen LogP contribution < -0.4 is 10.5 Å². The number of thiazole rings is 1. The first-order chi connectivity index (χ1) is 9.19. The summed E-state index contributed by atoms with van der Waals surface area (Å²) in [5.41, 5.74) is 7.25. The third kappa shape index (κ3) is 3.88. The van der Waals surface area contributed by atoms with Crippen LogP contribution in [0.2, 0.25) is 0 Å². The Kier molecular flexibility index (Phi) is 4.66. The van der Waals surface area contributed by atoms with E-state index in [1.54, 1.807) is 36.0 Å². The molecule has 0 atom stereocenters. The monoisotopic (exact) mass is 291 g/mol. The molecule has 0 aliphatic carbocycles. The van der Waals surface area contributed by atoms with Gasteiger partial charge in [-0.05, 0) is 31.2 Å². The molecule has 2 N–H and O–H groups in total. The first kappa shape index (κ1) is 13.7. The number of anilines is 1. The highest BCUT2D eigenvalue weighted by Gasteiger charge is 2.05. The van der Waals surface area contributed by atoms with Crippen molar-refractivity contribution < 1.29 is 4.74 Å². The summed E-state index contributed by atoms with van der Waals surface area (Å²) in [6.45, 7) is 2.56. The zero-order chi connectivity index (χ0) is 13.7. The molecule has 2 rings (SSSR count). The molecule has 0 spiro atoms. The molecule has 0 amide bonds. The van der Waals surface area contributed by atoms with Crippen LogP contribution in [0.4, 0.5) is 5.13 Å². The fourth-order valence-electron chi connectivity index (χ4n) is 1.46. The van der Waals surface area contributed by atoms with Gasteiger partial charge in [0.25, 0.3) is 0 Å². The third-order valence-corrected chi connectivity index (χ3v) is 4.65. The van der Waals surface area contributed by atoms with E-state index >= 15 is 0 Å². The van der Waals surface area contributed by atoms with Crippen molar-refractivity contribution >= 4 is 28.2 Å². The fraction of sp³-hybridized carbons (Fsp3) is 0.231. The van der Waals surface area contributed by atoms with Crippen LogP contribution in [-0.4, -0.2) is 17.3 Å². The number of nitriles is 1. The predicted molar refractivity (Wildman–Crippen MR) is 78.6 cm³/mol. The number of benzene rings is 1. The van der Waals surface area contributed by atoms with Gasteiger partial charge in [0, 0.05) is 5.75 Å². The predicted octanol–water partition coefficient (Wildman–Crippen LogP) is 3.08. The SMILES string of the molecule is Cc1nc(N)sc1SCCOc1ccc(C#N)cc1. The smallest absolute Gasteiger partial charge is 0.181 e. The van der Waals surface area contributed by atoms with Gasteiger partial charge >= 0.3 is 0 Å². The van der Waals surface area contributed by atoms with Crippen LogP contribution >= 0.6 is 23.1 Å². The standard InChI is InChI=1S/C13H13N3OS2/c1-9-12(19-13(15)16-9)18-7-6-17-11-4-2-10(8-14)3-5-11/h2-5H,6-7H2,1H3,(H2,15,16). The summed E-state index contributed by atoms with van der Waals surface area (Å²) in [6, 6.07) is 9.18. The van der Waals surface area contributed by atoms with E-state index in [1.165, 1.54) is 11.3 Å². The Bertz CT molecular complexity index is 587. The van der Waals surface area contributed by atoms with Crippen molar-refractivity contribution in [1.29, 1.82) is 5.26 Å². The Morgan fingerprint density at radius 1 is 1.42 bits per heavy atom. The summed E-state index contributed by atoms with van der Waals surface area (Å²) >= 11 is 3.20. The zero-order valence-corrected chi connectivity index (χ0v) is 12.1. The Hall–Kier alpha value is -1.71. The number of nitrogens with zero attached hydrogens (tertiary/aromatic N) is 2. The Balaban J connectivity index is 1.77. The van der Waals surface area contributed by atoms with Crippen molar-refractivity contribution in [2.24, 2.45) is 0 Å². The van der Waals surface area contributed by atoms with Crippen molar-refractivity contribution in [1.82, 2.24) is 4.98 Å². The number of rotatable bonds is 5. The number of hydrogen-bond acceptors (Lipinski definition) is 6. The summed E-state index contributed by atoms with van der Waals surface area (Å²) < 4.78 is 6.74. The van der Waals surface area contributed by atoms with E-state index in [1.807, 2.05) is 6.92 Å². The summed E-state index contributed by atoms with van der Waals surface area (Å²) in [4.78, 5) is 4.17. The second kappa shape index (κ2) is 6.45. The van der Waals surface area contributed by atoms with Gasteiger partial charge in [0.05, 0.1) is 28.1 Å². The molecule has 0 saturated carbocycles. The molecular weight excluding hydrogens is 278 g/mol. The molecule has 2 aromatic rings. The first-order valence-corrected chi connectivity index (χ1v) is 7.48. The van der Waals surface area contributed by atoms with Crippen LogP contribution in [0.5, 0.6) is 5.75 Å². The van der Waals surface area contributed by atoms with Gasteiger partial charge in [0.15, 0.2) is 5.13 Å². The van der Waals surface area contributed by atoms with Gasteiger partial charge in [0.2, 0.25) is 0 Å². The lowest BCUT2D eigenvalue weighted by atomic mass is 10.2. The number of thioether (sulfide) groups is 1. The molecule has 19 heavy (non-hydrogen) atoms. The van der Waals surface area contributed by atoms with Gasteiger partial charge < -0.3 is 10.5 Å². The minimum atomic E-state index is 0.605. The Morgan fingerprint density at radius 3 is 2.74 bits per heavy atom. The van der Waals surface area contributed by atoms with Gasteiger partial charge in [-0.3, -0.25) is 0 Å². The number of nitrogen functional groups attached to an aromatic ring is 1. The maximum atomic E-state index is 8.69. The van der Waals surface area contributed by atoms with Gasteiger partial charge in [-0.2, -0.15) is 5.26 Å².